The Bertz CT molecular complexity index is 908. The third-order valence-corrected chi connectivity index (χ3v) is 3.53. The number of pyridine rings is 1. The first-order valence-corrected chi connectivity index (χ1v) is 7.92. The Morgan fingerprint density at radius 3 is 2.15 bits per heavy atom. The SMILES string of the molecule is O=C(N/N=C/c1ccncc1)c1ccc(NC(=O)c2ccccc2)cc1. The first-order valence-electron chi connectivity index (χ1n) is 7.92. The maximum Gasteiger partial charge on any atom is 0.271 e. The molecule has 6 heteroatoms. The van der Waals surface area contributed by atoms with Crippen LogP contribution in [0.1, 0.15) is 26.3 Å². The van der Waals surface area contributed by atoms with Gasteiger partial charge in [-0.3, -0.25) is 14.6 Å². The normalized spacial score (nSPS) is 10.5. The fourth-order valence-electron chi connectivity index (χ4n) is 2.18. The van der Waals surface area contributed by atoms with Crippen LogP contribution in [0.4, 0.5) is 5.69 Å². The Kier molecular flexibility index (Phi) is 5.47. The average Bonchev–Trinajstić information content (AvgIpc) is 2.70. The van der Waals surface area contributed by atoms with Crippen molar-refractivity contribution in [1.29, 1.82) is 0 Å². The lowest BCUT2D eigenvalue weighted by Gasteiger charge is -2.06. The fraction of sp³-hybridized carbons (Fsp3) is 0. The molecule has 0 aliphatic carbocycles. The number of amides is 2. The molecule has 1 heterocycles. The highest BCUT2D eigenvalue weighted by Crippen LogP contribution is 2.11. The number of carbonyl (C=O) groups is 2. The smallest absolute Gasteiger partial charge is 0.271 e. The predicted octanol–water partition coefficient (Wildman–Crippen LogP) is 3.10. The van der Waals surface area contributed by atoms with Crippen LogP contribution in [-0.4, -0.2) is 23.0 Å². The number of hydrazone groups is 1. The van der Waals surface area contributed by atoms with Crippen molar-refractivity contribution in [2.24, 2.45) is 5.10 Å². The second-order valence-corrected chi connectivity index (χ2v) is 5.38. The maximum absolute atomic E-state index is 12.1. The van der Waals surface area contributed by atoms with E-state index in [1.165, 1.54) is 6.21 Å². The first-order chi connectivity index (χ1) is 12.7. The van der Waals surface area contributed by atoms with Gasteiger partial charge in [0.15, 0.2) is 0 Å². The quantitative estimate of drug-likeness (QED) is 0.551. The molecular weight excluding hydrogens is 328 g/mol. The van der Waals surface area contributed by atoms with Gasteiger partial charge in [0.2, 0.25) is 0 Å². The molecule has 0 bridgehead atoms. The molecule has 26 heavy (non-hydrogen) atoms. The topological polar surface area (TPSA) is 83.4 Å². The van der Waals surface area contributed by atoms with E-state index in [2.05, 4.69) is 20.8 Å². The molecule has 0 radical (unpaired) electrons. The van der Waals surface area contributed by atoms with E-state index in [1.54, 1.807) is 73.1 Å². The molecule has 0 saturated carbocycles. The summed E-state index contributed by atoms with van der Waals surface area (Å²) in [7, 11) is 0. The van der Waals surface area contributed by atoms with Gasteiger partial charge in [0.05, 0.1) is 6.21 Å². The molecule has 2 N–H and O–H groups in total. The zero-order valence-electron chi connectivity index (χ0n) is 13.8. The van der Waals surface area contributed by atoms with Gasteiger partial charge in [0, 0.05) is 29.2 Å². The third-order valence-electron chi connectivity index (χ3n) is 3.53. The van der Waals surface area contributed by atoms with Crippen LogP contribution in [-0.2, 0) is 0 Å². The van der Waals surface area contributed by atoms with E-state index >= 15 is 0 Å². The molecule has 0 aliphatic heterocycles. The highest BCUT2D eigenvalue weighted by molar-refractivity contribution is 6.04. The van der Waals surface area contributed by atoms with Gasteiger partial charge >= 0.3 is 0 Å². The van der Waals surface area contributed by atoms with Crippen LogP contribution in [0, 0.1) is 0 Å². The van der Waals surface area contributed by atoms with E-state index < -0.39 is 0 Å². The minimum atomic E-state index is -0.337. The molecule has 0 atom stereocenters. The molecule has 0 saturated heterocycles. The highest BCUT2D eigenvalue weighted by Gasteiger charge is 2.07. The van der Waals surface area contributed by atoms with Crippen LogP contribution < -0.4 is 10.7 Å². The number of hydrogen-bond donors (Lipinski definition) is 2. The molecule has 0 unspecified atom stereocenters. The number of carbonyl (C=O) groups excluding carboxylic acids is 2. The number of aromatic nitrogens is 1. The molecule has 0 aliphatic rings. The molecule has 1 aromatic heterocycles. The third kappa shape index (κ3) is 4.61. The van der Waals surface area contributed by atoms with Gasteiger partial charge in [-0.1, -0.05) is 18.2 Å². The van der Waals surface area contributed by atoms with Gasteiger partial charge < -0.3 is 5.32 Å². The number of nitrogens with one attached hydrogen (secondary N) is 2. The fourth-order valence-corrected chi connectivity index (χ4v) is 2.18. The number of anilines is 1. The van der Waals surface area contributed by atoms with Crippen molar-refractivity contribution in [3.63, 3.8) is 0 Å². The largest absolute Gasteiger partial charge is 0.322 e. The van der Waals surface area contributed by atoms with Gasteiger partial charge in [-0.25, -0.2) is 5.43 Å². The molecule has 0 spiro atoms. The van der Waals surface area contributed by atoms with Crippen molar-refractivity contribution in [2.45, 2.75) is 0 Å². The monoisotopic (exact) mass is 344 g/mol. The van der Waals surface area contributed by atoms with E-state index in [0.717, 1.165) is 5.56 Å². The molecule has 128 valence electrons. The van der Waals surface area contributed by atoms with Crippen molar-refractivity contribution >= 4 is 23.7 Å². The van der Waals surface area contributed by atoms with Gasteiger partial charge in [0.1, 0.15) is 0 Å². The van der Waals surface area contributed by atoms with Gasteiger partial charge in [-0.05, 0) is 54.1 Å². The number of hydrogen-bond acceptors (Lipinski definition) is 4. The van der Waals surface area contributed by atoms with Gasteiger partial charge in [-0.15, -0.1) is 0 Å². The Morgan fingerprint density at radius 1 is 0.808 bits per heavy atom. The van der Waals surface area contributed by atoms with E-state index in [9.17, 15) is 9.59 Å². The van der Waals surface area contributed by atoms with Crippen molar-refractivity contribution < 1.29 is 9.59 Å². The second kappa shape index (κ2) is 8.34. The minimum Gasteiger partial charge on any atom is -0.322 e. The summed E-state index contributed by atoms with van der Waals surface area (Å²) in [5.74, 6) is -0.541. The Hall–Kier alpha value is -3.80. The van der Waals surface area contributed by atoms with Crippen LogP contribution in [0.2, 0.25) is 0 Å². The first kappa shape index (κ1) is 17.0. The number of benzene rings is 2. The van der Waals surface area contributed by atoms with Gasteiger partial charge in [-0.2, -0.15) is 5.10 Å². The maximum atomic E-state index is 12.1. The lowest BCUT2D eigenvalue weighted by molar-refractivity contribution is 0.0954. The van der Waals surface area contributed by atoms with Gasteiger partial charge in [0.25, 0.3) is 11.8 Å². The van der Waals surface area contributed by atoms with Crippen LogP contribution in [0.5, 0.6) is 0 Å². The molecule has 2 aromatic carbocycles. The summed E-state index contributed by atoms with van der Waals surface area (Å²) in [5.41, 5.74) is 4.90. The summed E-state index contributed by atoms with van der Waals surface area (Å²) < 4.78 is 0. The van der Waals surface area contributed by atoms with Crippen LogP contribution >= 0.6 is 0 Å². The highest BCUT2D eigenvalue weighted by atomic mass is 16.2. The summed E-state index contributed by atoms with van der Waals surface area (Å²) in [4.78, 5) is 28.1. The molecule has 2 amide bonds. The summed E-state index contributed by atoms with van der Waals surface area (Å²) >= 11 is 0. The van der Waals surface area contributed by atoms with Crippen LogP contribution in [0.25, 0.3) is 0 Å². The number of nitrogens with zero attached hydrogens (tertiary/aromatic N) is 2. The Labute approximate surface area is 150 Å². The summed E-state index contributed by atoms with van der Waals surface area (Å²) in [6.07, 6.45) is 4.82. The molecule has 3 aromatic rings. The molecule has 3 rings (SSSR count). The second-order valence-electron chi connectivity index (χ2n) is 5.38. The van der Waals surface area contributed by atoms with Crippen molar-refractivity contribution in [3.8, 4) is 0 Å². The zero-order valence-corrected chi connectivity index (χ0v) is 13.8. The van der Waals surface area contributed by atoms with E-state index in [-0.39, 0.29) is 11.8 Å². The molecular formula is C20H16N4O2. The van der Waals surface area contributed by atoms with E-state index in [4.69, 9.17) is 0 Å². The lowest BCUT2D eigenvalue weighted by Crippen LogP contribution is -2.17. The Morgan fingerprint density at radius 2 is 1.46 bits per heavy atom. The summed E-state index contributed by atoms with van der Waals surface area (Å²) in [5, 5.41) is 6.69. The molecule has 6 nitrogen and oxygen atoms in total. The Balaban J connectivity index is 1.57. The van der Waals surface area contributed by atoms with E-state index in [1.807, 2.05) is 6.07 Å². The number of rotatable bonds is 5. The van der Waals surface area contributed by atoms with E-state index in [0.29, 0.717) is 16.8 Å². The average molecular weight is 344 g/mol. The zero-order chi connectivity index (χ0) is 18.2. The van der Waals surface area contributed by atoms with Crippen LogP contribution in [0.15, 0.2) is 84.2 Å². The molecule has 0 fully saturated rings. The lowest BCUT2D eigenvalue weighted by atomic mass is 10.2. The van der Waals surface area contributed by atoms with Crippen molar-refractivity contribution in [1.82, 2.24) is 10.4 Å². The van der Waals surface area contributed by atoms with Crippen molar-refractivity contribution in [3.05, 3.63) is 95.8 Å². The predicted molar refractivity (Wildman–Crippen MR) is 100 cm³/mol. The summed E-state index contributed by atoms with van der Waals surface area (Å²) in [6, 6.07) is 19.1. The minimum absolute atomic E-state index is 0.204. The van der Waals surface area contributed by atoms with Crippen molar-refractivity contribution in [2.75, 3.05) is 5.32 Å². The van der Waals surface area contributed by atoms with Crippen LogP contribution in [0.3, 0.4) is 0 Å². The summed E-state index contributed by atoms with van der Waals surface area (Å²) in [6.45, 7) is 0. The standard InChI is InChI=1S/C20H16N4O2/c25-19(16-4-2-1-3-5-16)23-18-8-6-17(7-9-18)20(26)24-22-14-15-10-12-21-13-11-15/h1-14H,(H,23,25)(H,24,26)/b22-14+.